The molecule has 0 saturated heterocycles. The summed E-state index contributed by atoms with van der Waals surface area (Å²) in [6, 6.07) is 0.445. The van der Waals surface area contributed by atoms with E-state index in [9.17, 15) is 5.11 Å². The Morgan fingerprint density at radius 3 is 2.47 bits per heavy atom. The summed E-state index contributed by atoms with van der Waals surface area (Å²) in [5, 5.41) is 13.5. The number of aliphatic hydroxyl groups is 1. The SMILES string of the molecule is CC(C)c1noc(N(C)CC(C)(C)O)n1. The molecule has 0 aliphatic carbocycles. The standard InChI is InChI=1S/C10H19N3O2/c1-7(2)8-11-9(15-12-8)13(5)6-10(3,4)14/h7,14H,6H2,1-5H3. The Balaban J connectivity index is 2.70. The zero-order chi connectivity index (χ0) is 11.6. The number of anilines is 1. The molecule has 1 heterocycles. The average molecular weight is 213 g/mol. The van der Waals surface area contributed by atoms with E-state index in [0.29, 0.717) is 18.4 Å². The van der Waals surface area contributed by atoms with E-state index >= 15 is 0 Å². The Morgan fingerprint density at radius 1 is 1.47 bits per heavy atom. The first kappa shape index (κ1) is 12.0. The Hall–Kier alpha value is -1.10. The zero-order valence-corrected chi connectivity index (χ0v) is 9.98. The minimum Gasteiger partial charge on any atom is -0.389 e. The van der Waals surface area contributed by atoms with Crippen molar-refractivity contribution < 1.29 is 9.63 Å². The smallest absolute Gasteiger partial charge is 0.323 e. The second kappa shape index (κ2) is 4.18. The molecule has 0 aliphatic rings. The van der Waals surface area contributed by atoms with E-state index in [1.165, 1.54) is 0 Å². The lowest BCUT2D eigenvalue weighted by Crippen LogP contribution is -2.36. The first-order valence-corrected chi connectivity index (χ1v) is 5.07. The van der Waals surface area contributed by atoms with Gasteiger partial charge in [0.05, 0.1) is 12.1 Å². The van der Waals surface area contributed by atoms with E-state index in [2.05, 4.69) is 10.1 Å². The lowest BCUT2D eigenvalue weighted by atomic mass is 10.1. The summed E-state index contributed by atoms with van der Waals surface area (Å²) in [4.78, 5) is 5.98. The van der Waals surface area contributed by atoms with Gasteiger partial charge in [-0.1, -0.05) is 19.0 Å². The van der Waals surface area contributed by atoms with E-state index in [1.54, 1.807) is 18.7 Å². The van der Waals surface area contributed by atoms with Gasteiger partial charge >= 0.3 is 6.01 Å². The van der Waals surface area contributed by atoms with Crippen LogP contribution in [0, 0.1) is 0 Å². The molecule has 0 atom stereocenters. The zero-order valence-electron chi connectivity index (χ0n) is 9.98. The van der Waals surface area contributed by atoms with Crippen LogP contribution in [-0.2, 0) is 0 Å². The average Bonchev–Trinajstić information content (AvgIpc) is 2.47. The molecule has 0 aromatic carbocycles. The van der Waals surface area contributed by atoms with Crippen LogP contribution in [0.25, 0.3) is 0 Å². The first-order chi connectivity index (χ1) is 6.79. The second-order valence-electron chi connectivity index (χ2n) is 4.76. The number of hydrogen-bond acceptors (Lipinski definition) is 5. The Kier molecular flexibility index (Phi) is 3.34. The third-order valence-corrected chi connectivity index (χ3v) is 1.90. The fourth-order valence-electron chi connectivity index (χ4n) is 1.26. The highest BCUT2D eigenvalue weighted by atomic mass is 16.5. The van der Waals surface area contributed by atoms with Gasteiger partial charge in [-0.15, -0.1) is 0 Å². The van der Waals surface area contributed by atoms with Gasteiger partial charge in [0.25, 0.3) is 0 Å². The summed E-state index contributed by atoms with van der Waals surface area (Å²) in [6.07, 6.45) is 0. The molecule has 0 aliphatic heterocycles. The predicted molar refractivity (Wildman–Crippen MR) is 58.0 cm³/mol. The monoisotopic (exact) mass is 213 g/mol. The van der Waals surface area contributed by atoms with Crippen LogP contribution >= 0.6 is 0 Å². The van der Waals surface area contributed by atoms with Crippen LogP contribution in [0.1, 0.15) is 39.4 Å². The van der Waals surface area contributed by atoms with Gasteiger partial charge in [-0.2, -0.15) is 4.98 Å². The van der Waals surface area contributed by atoms with Crippen molar-refractivity contribution in [2.45, 2.75) is 39.2 Å². The first-order valence-electron chi connectivity index (χ1n) is 5.07. The van der Waals surface area contributed by atoms with Crippen molar-refractivity contribution in [1.29, 1.82) is 0 Å². The molecular formula is C10H19N3O2. The highest BCUT2D eigenvalue weighted by Crippen LogP contribution is 2.16. The van der Waals surface area contributed by atoms with Crippen molar-refractivity contribution in [3.63, 3.8) is 0 Å². The number of hydrogen-bond donors (Lipinski definition) is 1. The lowest BCUT2D eigenvalue weighted by Gasteiger charge is -2.23. The van der Waals surface area contributed by atoms with Crippen molar-refractivity contribution >= 4 is 6.01 Å². The molecule has 1 aromatic heterocycles. The minimum absolute atomic E-state index is 0.248. The van der Waals surface area contributed by atoms with E-state index in [4.69, 9.17) is 4.52 Å². The Morgan fingerprint density at radius 2 is 2.07 bits per heavy atom. The van der Waals surface area contributed by atoms with Crippen LogP contribution in [-0.4, -0.2) is 34.4 Å². The third kappa shape index (κ3) is 3.51. The molecule has 86 valence electrons. The molecule has 5 nitrogen and oxygen atoms in total. The van der Waals surface area contributed by atoms with Crippen molar-refractivity contribution in [1.82, 2.24) is 10.1 Å². The van der Waals surface area contributed by atoms with Gasteiger partial charge < -0.3 is 14.5 Å². The van der Waals surface area contributed by atoms with Crippen molar-refractivity contribution in [3.8, 4) is 0 Å². The molecule has 0 unspecified atom stereocenters. The molecule has 5 heteroatoms. The highest BCUT2D eigenvalue weighted by molar-refractivity contribution is 5.24. The van der Waals surface area contributed by atoms with E-state index in [-0.39, 0.29) is 5.92 Å². The molecule has 15 heavy (non-hydrogen) atoms. The quantitative estimate of drug-likeness (QED) is 0.819. The Bertz CT molecular complexity index is 315. The summed E-state index contributed by atoms with van der Waals surface area (Å²) in [5.41, 5.74) is -0.777. The summed E-state index contributed by atoms with van der Waals surface area (Å²) in [7, 11) is 1.82. The minimum atomic E-state index is -0.777. The predicted octanol–water partition coefficient (Wildman–Crippen LogP) is 1.40. The number of rotatable bonds is 4. The summed E-state index contributed by atoms with van der Waals surface area (Å²) >= 11 is 0. The van der Waals surface area contributed by atoms with Crippen LogP contribution < -0.4 is 4.90 Å². The van der Waals surface area contributed by atoms with Gasteiger partial charge in [0.1, 0.15) is 0 Å². The van der Waals surface area contributed by atoms with Crippen molar-refractivity contribution in [3.05, 3.63) is 5.82 Å². The number of nitrogens with zero attached hydrogens (tertiary/aromatic N) is 3. The molecule has 0 amide bonds. The molecule has 0 bridgehead atoms. The second-order valence-corrected chi connectivity index (χ2v) is 4.76. The third-order valence-electron chi connectivity index (χ3n) is 1.90. The van der Waals surface area contributed by atoms with Gasteiger partial charge in [-0.25, -0.2) is 0 Å². The Labute approximate surface area is 90.1 Å². The number of aromatic nitrogens is 2. The molecule has 1 rings (SSSR count). The molecule has 0 saturated carbocycles. The molecule has 0 radical (unpaired) electrons. The fourth-order valence-corrected chi connectivity index (χ4v) is 1.26. The topological polar surface area (TPSA) is 62.4 Å². The van der Waals surface area contributed by atoms with Crippen LogP contribution in [0.15, 0.2) is 4.52 Å². The molecule has 1 N–H and O–H groups in total. The van der Waals surface area contributed by atoms with E-state index in [0.717, 1.165) is 0 Å². The fraction of sp³-hybridized carbons (Fsp3) is 0.800. The highest BCUT2D eigenvalue weighted by Gasteiger charge is 2.20. The molecular weight excluding hydrogens is 194 g/mol. The van der Waals surface area contributed by atoms with E-state index < -0.39 is 5.60 Å². The maximum atomic E-state index is 9.63. The largest absolute Gasteiger partial charge is 0.389 e. The van der Waals surface area contributed by atoms with Gasteiger partial charge in [-0.05, 0) is 13.8 Å². The maximum absolute atomic E-state index is 9.63. The van der Waals surface area contributed by atoms with Crippen molar-refractivity contribution in [2.24, 2.45) is 0 Å². The summed E-state index contributed by atoms with van der Waals surface area (Å²) < 4.78 is 5.09. The van der Waals surface area contributed by atoms with Gasteiger partial charge in [0, 0.05) is 13.0 Å². The van der Waals surface area contributed by atoms with Crippen LogP contribution in [0.2, 0.25) is 0 Å². The van der Waals surface area contributed by atoms with Gasteiger partial charge in [0.15, 0.2) is 5.82 Å². The van der Waals surface area contributed by atoms with Gasteiger partial charge in [0.2, 0.25) is 0 Å². The summed E-state index contributed by atoms with van der Waals surface area (Å²) in [6.45, 7) is 7.94. The normalized spacial score (nSPS) is 12.2. The van der Waals surface area contributed by atoms with Gasteiger partial charge in [-0.3, -0.25) is 0 Å². The lowest BCUT2D eigenvalue weighted by molar-refractivity contribution is 0.0872. The molecule has 1 aromatic rings. The van der Waals surface area contributed by atoms with Crippen LogP contribution in [0.3, 0.4) is 0 Å². The summed E-state index contributed by atoms with van der Waals surface area (Å²) in [5.74, 6) is 0.936. The molecule has 0 spiro atoms. The van der Waals surface area contributed by atoms with Crippen LogP contribution in [0.5, 0.6) is 0 Å². The maximum Gasteiger partial charge on any atom is 0.323 e. The van der Waals surface area contributed by atoms with E-state index in [1.807, 2.05) is 20.9 Å². The number of likely N-dealkylation sites (N-methyl/N-ethyl adjacent to an activating group) is 1. The van der Waals surface area contributed by atoms with Crippen molar-refractivity contribution in [2.75, 3.05) is 18.5 Å². The molecule has 0 fully saturated rings. The van der Waals surface area contributed by atoms with Crippen LogP contribution in [0.4, 0.5) is 6.01 Å².